The topological polar surface area (TPSA) is 89.6 Å². The number of hydrogen-bond donors (Lipinski definition) is 2. The minimum Gasteiger partial charge on any atom is -0.461 e. The third-order valence-electron chi connectivity index (χ3n) is 3.96. The molecule has 6 nitrogen and oxygen atoms in total. The van der Waals surface area contributed by atoms with Crippen LogP contribution in [0.25, 0.3) is 0 Å². The summed E-state index contributed by atoms with van der Waals surface area (Å²) in [5.74, 6) is -1.15. The fourth-order valence-electron chi connectivity index (χ4n) is 2.45. The number of carbonyl (C=O) groups excluding carboxylic acids is 1. The minimum absolute atomic E-state index is 0.0350. The largest absolute Gasteiger partial charge is 0.461 e. The summed E-state index contributed by atoms with van der Waals surface area (Å²) in [6.45, 7) is 0.751. The molecule has 0 unspecified atom stereocenters. The molecule has 10 heteroatoms. The van der Waals surface area contributed by atoms with Gasteiger partial charge in [-0.15, -0.1) is 0 Å². The van der Waals surface area contributed by atoms with Crippen molar-refractivity contribution < 1.29 is 22.7 Å². The zero-order valence-corrected chi connectivity index (χ0v) is 16.7. The highest BCUT2D eigenvalue weighted by molar-refractivity contribution is 8.14. The molecule has 0 aliphatic rings. The summed E-state index contributed by atoms with van der Waals surface area (Å²) in [6, 6.07) is 6.37. The molecule has 1 heterocycles. The van der Waals surface area contributed by atoms with Crippen molar-refractivity contribution in [2.45, 2.75) is 24.8 Å². The highest BCUT2D eigenvalue weighted by Crippen LogP contribution is 2.35. The molecule has 0 spiro atoms. The van der Waals surface area contributed by atoms with Gasteiger partial charge in [0.15, 0.2) is 5.17 Å². The molecular weight excluding hydrogens is 405 g/mol. The van der Waals surface area contributed by atoms with Gasteiger partial charge in [-0.25, -0.2) is 18.2 Å². The van der Waals surface area contributed by atoms with Crippen molar-refractivity contribution in [2.75, 3.05) is 19.2 Å². The molecule has 0 saturated carbocycles. The first-order chi connectivity index (χ1) is 13.9. The van der Waals surface area contributed by atoms with Crippen molar-refractivity contribution in [3.8, 4) is 5.75 Å². The SMILES string of the molecule is CC[C@@H](S/C(N)=N\C)[C@H](F)c1cc(NC(=O)c2ccc(OCF)cn2)ccc1F. The van der Waals surface area contributed by atoms with E-state index in [1.807, 2.05) is 0 Å². The molecule has 156 valence electrons. The third kappa shape index (κ3) is 6.11. The predicted octanol–water partition coefficient (Wildman–Crippen LogP) is 4.25. The number of rotatable bonds is 8. The maximum absolute atomic E-state index is 15.0. The smallest absolute Gasteiger partial charge is 0.274 e. The van der Waals surface area contributed by atoms with Gasteiger partial charge in [-0.3, -0.25) is 9.79 Å². The zero-order valence-electron chi connectivity index (χ0n) is 15.9. The van der Waals surface area contributed by atoms with Crippen molar-refractivity contribution in [1.29, 1.82) is 0 Å². The van der Waals surface area contributed by atoms with E-state index in [9.17, 15) is 18.0 Å². The number of anilines is 1. The number of aromatic nitrogens is 1. The number of ether oxygens (including phenoxy) is 1. The summed E-state index contributed by atoms with van der Waals surface area (Å²) in [7, 11) is 1.49. The Balaban J connectivity index is 2.17. The minimum atomic E-state index is -1.66. The van der Waals surface area contributed by atoms with Gasteiger partial charge >= 0.3 is 0 Å². The van der Waals surface area contributed by atoms with E-state index in [0.717, 1.165) is 17.8 Å². The lowest BCUT2D eigenvalue weighted by Gasteiger charge is -2.20. The van der Waals surface area contributed by atoms with Crippen LogP contribution in [0.2, 0.25) is 0 Å². The number of alkyl halides is 2. The van der Waals surface area contributed by atoms with Crippen molar-refractivity contribution in [2.24, 2.45) is 10.7 Å². The van der Waals surface area contributed by atoms with Gasteiger partial charge in [0.05, 0.1) is 6.20 Å². The lowest BCUT2D eigenvalue weighted by molar-refractivity contribution is 0.102. The number of benzene rings is 1. The first kappa shape index (κ1) is 22.5. The second-order valence-corrected chi connectivity index (χ2v) is 7.11. The summed E-state index contributed by atoms with van der Waals surface area (Å²) in [5.41, 5.74) is 5.70. The molecule has 2 atom stereocenters. The molecule has 1 amide bonds. The van der Waals surface area contributed by atoms with E-state index < -0.39 is 30.0 Å². The summed E-state index contributed by atoms with van der Waals surface area (Å²) in [4.78, 5) is 20.0. The van der Waals surface area contributed by atoms with E-state index in [0.29, 0.717) is 6.42 Å². The Labute approximate surface area is 170 Å². The lowest BCUT2D eigenvalue weighted by Crippen LogP contribution is -2.19. The number of nitrogens with one attached hydrogen (secondary N) is 1. The normalized spacial score (nSPS) is 13.6. The van der Waals surface area contributed by atoms with E-state index in [2.05, 4.69) is 20.0 Å². The molecule has 0 saturated heterocycles. The van der Waals surface area contributed by atoms with Crippen LogP contribution in [0.3, 0.4) is 0 Å². The molecule has 0 radical (unpaired) electrons. The van der Waals surface area contributed by atoms with Crippen LogP contribution in [0.15, 0.2) is 41.5 Å². The zero-order chi connectivity index (χ0) is 21.4. The van der Waals surface area contributed by atoms with Gasteiger partial charge in [-0.2, -0.15) is 0 Å². The Morgan fingerprint density at radius 1 is 1.38 bits per heavy atom. The highest BCUT2D eigenvalue weighted by atomic mass is 32.2. The molecule has 1 aromatic heterocycles. The van der Waals surface area contributed by atoms with Crippen molar-refractivity contribution in [1.82, 2.24) is 4.98 Å². The van der Waals surface area contributed by atoms with Crippen LogP contribution in [0.1, 0.15) is 35.6 Å². The van der Waals surface area contributed by atoms with E-state index in [1.165, 1.54) is 37.5 Å². The van der Waals surface area contributed by atoms with Gasteiger partial charge in [0, 0.05) is 23.5 Å². The number of amidine groups is 1. The number of aliphatic imine (C=N–C) groups is 1. The lowest BCUT2D eigenvalue weighted by atomic mass is 10.0. The summed E-state index contributed by atoms with van der Waals surface area (Å²) >= 11 is 1.03. The van der Waals surface area contributed by atoms with E-state index >= 15 is 0 Å². The highest BCUT2D eigenvalue weighted by Gasteiger charge is 2.26. The summed E-state index contributed by atoms with van der Waals surface area (Å²) in [6.07, 6.45) is -0.0577. The number of amides is 1. The van der Waals surface area contributed by atoms with Crippen molar-refractivity contribution in [3.63, 3.8) is 0 Å². The van der Waals surface area contributed by atoms with E-state index in [1.54, 1.807) is 6.92 Å². The Hall–Kier alpha value is -2.75. The van der Waals surface area contributed by atoms with Crippen molar-refractivity contribution in [3.05, 3.63) is 53.6 Å². The number of nitrogens with two attached hydrogens (primary N) is 1. The Kier molecular flexibility index (Phi) is 8.32. The first-order valence-electron chi connectivity index (χ1n) is 8.68. The van der Waals surface area contributed by atoms with Crippen LogP contribution in [0.4, 0.5) is 18.9 Å². The monoisotopic (exact) mass is 426 g/mol. The summed E-state index contributed by atoms with van der Waals surface area (Å²) in [5, 5.41) is 2.11. The standard InChI is InChI=1S/C19H21F3N4O2S/c1-3-16(29-19(23)24-2)17(22)13-8-11(4-6-14(13)21)26-18(27)15-7-5-12(9-25-15)28-10-20/h4-9,16-17H,3,10H2,1-2H3,(H2,23,24)(H,26,27)/t16-,17-/m1/s1. The average Bonchev–Trinajstić information content (AvgIpc) is 2.73. The number of carbonyl (C=O) groups is 1. The first-order valence-corrected chi connectivity index (χ1v) is 9.56. The number of hydrogen-bond acceptors (Lipinski definition) is 5. The predicted molar refractivity (Wildman–Crippen MR) is 108 cm³/mol. The van der Waals surface area contributed by atoms with Crippen LogP contribution >= 0.6 is 11.8 Å². The second-order valence-electron chi connectivity index (χ2n) is 5.85. The second kappa shape index (κ2) is 10.7. The average molecular weight is 426 g/mol. The van der Waals surface area contributed by atoms with Gasteiger partial charge in [-0.05, 0) is 36.8 Å². The molecule has 3 N–H and O–H groups in total. The third-order valence-corrected chi connectivity index (χ3v) is 5.26. The molecule has 0 fully saturated rings. The Bertz CT molecular complexity index is 865. The number of nitrogens with zero attached hydrogens (tertiary/aromatic N) is 2. The molecule has 2 aromatic rings. The van der Waals surface area contributed by atoms with Gasteiger partial charge in [0.25, 0.3) is 5.91 Å². The van der Waals surface area contributed by atoms with Gasteiger partial charge < -0.3 is 15.8 Å². The molecule has 29 heavy (non-hydrogen) atoms. The molecule has 0 bridgehead atoms. The van der Waals surface area contributed by atoms with Crippen molar-refractivity contribution >= 4 is 28.5 Å². The fourth-order valence-corrected chi connectivity index (χ4v) is 3.30. The Morgan fingerprint density at radius 3 is 2.72 bits per heavy atom. The molecule has 0 aliphatic carbocycles. The van der Waals surface area contributed by atoms with Crippen LogP contribution in [-0.4, -0.2) is 35.2 Å². The molecule has 1 aromatic carbocycles. The summed E-state index contributed by atoms with van der Waals surface area (Å²) < 4.78 is 46.0. The Morgan fingerprint density at radius 2 is 2.14 bits per heavy atom. The molecule has 0 aliphatic heterocycles. The number of halogens is 3. The fraction of sp³-hybridized carbons (Fsp3) is 0.316. The van der Waals surface area contributed by atoms with Gasteiger partial charge in [-0.1, -0.05) is 18.7 Å². The number of pyridine rings is 1. The van der Waals surface area contributed by atoms with Crippen LogP contribution in [0.5, 0.6) is 5.75 Å². The molecular formula is C19H21F3N4O2S. The van der Waals surface area contributed by atoms with Crippen LogP contribution in [0, 0.1) is 5.82 Å². The van der Waals surface area contributed by atoms with Gasteiger partial charge in [0.2, 0.25) is 6.86 Å². The maximum Gasteiger partial charge on any atom is 0.274 e. The van der Waals surface area contributed by atoms with Gasteiger partial charge in [0.1, 0.15) is 23.4 Å². The quantitative estimate of drug-likeness (QED) is 0.487. The maximum atomic E-state index is 15.0. The van der Waals surface area contributed by atoms with Crippen LogP contribution in [-0.2, 0) is 0 Å². The van der Waals surface area contributed by atoms with E-state index in [-0.39, 0.29) is 27.9 Å². The van der Waals surface area contributed by atoms with Crippen LogP contribution < -0.4 is 15.8 Å². The molecule has 2 rings (SSSR count). The number of thioether (sulfide) groups is 1. The van der Waals surface area contributed by atoms with E-state index in [4.69, 9.17) is 5.73 Å².